The van der Waals surface area contributed by atoms with Crippen molar-refractivity contribution in [1.82, 2.24) is 19.9 Å². The maximum Gasteiger partial charge on any atom is 0.439 e. The van der Waals surface area contributed by atoms with Crippen LogP contribution in [0.1, 0.15) is 26.3 Å². The van der Waals surface area contributed by atoms with Gasteiger partial charge in [0.05, 0.1) is 6.54 Å². The van der Waals surface area contributed by atoms with E-state index < -0.39 is 29.9 Å². The minimum Gasteiger partial charge on any atom is -0.415 e. The van der Waals surface area contributed by atoms with Gasteiger partial charge in [0.1, 0.15) is 0 Å². The third-order valence-electron chi connectivity index (χ3n) is 5.54. The van der Waals surface area contributed by atoms with Crippen LogP contribution in [-0.2, 0) is 17.4 Å². The first-order valence-corrected chi connectivity index (χ1v) is 12.9. The number of pyridine rings is 1. The summed E-state index contributed by atoms with van der Waals surface area (Å²) in [7, 11) is -1.96. The van der Waals surface area contributed by atoms with Crippen molar-refractivity contribution in [3.8, 4) is 0 Å². The van der Waals surface area contributed by atoms with Gasteiger partial charge in [-0.1, -0.05) is 26.8 Å². The number of nitro groups is 2. The van der Waals surface area contributed by atoms with E-state index in [0.717, 1.165) is 11.8 Å². The highest BCUT2D eigenvalue weighted by molar-refractivity contribution is 6.74. The highest BCUT2D eigenvalue weighted by atomic mass is 28.4. The van der Waals surface area contributed by atoms with Gasteiger partial charge in [-0.05, 0) is 51.0 Å². The van der Waals surface area contributed by atoms with Crippen molar-refractivity contribution in [2.45, 2.75) is 57.9 Å². The Morgan fingerprint density at radius 2 is 1.97 bits per heavy atom. The lowest BCUT2D eigenvalue weighted by Crippen LogP contribution is -2.46. The van der Waals surface area contributed by atoms with Gasteiger partial charge >= 0.3 is 11.8 Å². The van der Waals surface area contributed by atoms with Crippen molar-refractivity contribution in [3.63, 3.8) is 0 Å². The molecule has 0 bridgehead atoms. The Hall–Kier alpha value is -2.70. The molecule has 2 aromatic heterocycles. The van der Waals surface area contributed by atoms with Crippen LogP contribution in [0.3, 0.4) is 0 Å². The van der Waals surface area contributed by atoms with Crippen LogP contribution in [0.15, 0.2) is 30.7 Å². The van der Waals surface area contributed by atoms with E-state index in [1.54, 1.807) is 12.4 Å². The summed E-state index contributed by atoms with van der Waals surface area (Å²) in [6.45, 7) is 11.9. The average Bonchev–Trinajstić information content (AvgIpc) is 3.11. The number of hydrogen-bond donors (Lipinski definition) is 1. The van der Waals surface area contributed by atoms with E-state index in [-0.39, 0.29) is 17.6 Å². The molecule has 0 fully saturated rings. The molecular formula is C19H30N6O5Si. The minimum absolute atomic E-state index is 0.0455. The van der Waals surface area contributed by atoms with Gasteiger partial charge in [-0.2, -0.15) is 0 Å². The predicted molar refractivity (Wildman–Crippen MR) is 118 cm³/mol. The van der Waals surface area contributed by atoms with Crippen LogP contribution in [0.2, 0.25) is 18.1 Å². The zero-order valence-electron chi connectivity index (χ0n) is 18.6. The largest absolute Gasteiger partial charge is 0.439 e. The van der Waals surface area contributed by atoms with Gasteiger partial charge in [0.25, 0.3) is 0 Å². The van der Waals surface area contributed by atoms with E-state index >= 15 is 0 Å². The zero-order chi connectivity index (χ0) is 23.2. The van der Waals surface area contributed by atoms with Gasteiger partial charge in [0.15, 0.2) is 14.5 Å². The number of imidazole rings is 1. The average molecular weight is 451 g/mol. The van der Waals surface area contributed by atoms with Crippen LogP contribution in [0.4, 0.5) is 11.8 Å². The summed E-state index contributed by atoms with van der Waals surface area (Å²) in [5.41, 5.74) is 1.04. The summed E-state index contributed by atoms with van der Waals surface area (Å²) >= 11 is 0. The van der Waals surface area contributed by atoms with Crippen molar-refractivity contribution in [2.24, 2.45) is 0 Å². The number of rotatable bonds is 11. The van der Waals surface area contributed by atoms with Crippen LogP contribution in [0.5, 0.6) is 0 Å². The molecule has 31 heavy (non-hydrogen) atoms. The number of aromatic nitrogens is 3. The molecule has 2 heterocycles. The quantitative estimate of drug-likeness (QED) is 0.312. The monoisotopic (exact) mass is 450 g/mol. The minimum atomic E-state index is -1.96. The maximum absolute atomic E-state index is 11.2. The first-order valence-electron chi connectivity index (χ1n) is 10.0. The third-order valence-corrected chi connectivity index (χ3v) is 10.0. The van der Waals surface area contributed by atoms with E-state index in [9.17, 15) is 20.2 Å². The Balaban J connectivity index is 2.07. The normalized spacial score (nSPS) is 13.2. The summed E-state index contributed by atoms with van der Waals surface area (Å²) in [4.78, 5) is 28.2. The summed E-state index contributed by atoms with van der Waals surface area (Å²) in [5.74, 6) is -1.09. The summed E-state index contributed by atoms with van der Waals surface area (Å²) in [5, 5.41) is 25.5. The van der Waals surface area contributed by atoms with Crippen LogP contribution in [0.25, 0.3) is 0 Å². The molecular weight excluding hydrogens is 420 g/mol. The van der Waals surface area contributed by atoms with Gasteiger partial charge in [-0.25, -0.2) is 4.57 Å². The molecule has 0 saturated carbocycles. The lowest BCUT2D eigenvalue weighted by molar-refractivity contribution is -0.403. The molecule has 1 atom stereocenters. The Morgan fingerprint density at radius 3 is 2.52 bits per heavy atom. The lowest BCUT2D eigenvalue weighted by atomic mass is 10.1. The van der Waals surface area contributed by atoms with E-state index in [0.29, 0.717) is 19.6 Å². The Bertz CT molecular complexity index is 897. The van der Waals surface area contributed by atoms with Crippen LogP contribution in [0, 0.1) is 20.2 Å². The second-order valence-corrected chi connectivity index (χ2v) is 13.7. The van der Waals surface area contributed by atoms with E-state index in [2.05, 4.69) is 49.1 Å². The van der Waals surface area contributed by atoms with E-state index in [4.69, 9.17) is 4.43 Å². The first-order chi connectivity index (χ1) is 14.4. The maximum atomic E-state index is 11.2. The highest BCUT2D eigenvalue weighted by Gasteiger charge is 2.37. The number of hydrogen-bond acceptors (Lipinski definition) is 8. The number of nitrogens with zero attached hydrogens (tertiary/aromatic N) is 5. The zero-order valence-corrected chi connectivity index (χ0v) is 19.6. The summed E-state index contributed by atoms with van der Waals surface area (Å²) < 4.78 is 7.55. The van der Waals surface area contributed by atoms with Crippen LogP contribution in [-0.4, -0.2) is 51.9 Å². The molecule has 11 nitrogen and oxygen atoms in total. The van der Waals surface area contributed by atoms with Gasteiger partial charge < -0.3 is 30.0 Å². The molecule has 0 saturated heterocycles. The Kier molecular flexibility index (Phi) is 7.98. The molecule has 1 N–H and O–H groups in total. The molecule has 0 spiro atoms. The van der Waals surface area contributed by atoms with Crippen LogP contribution >= 0.6 is 0 Å². The fraction of sp³-hybridized carbons (Fsp3) is 0.579. The molecule has 0 aromatic carbocycles. The van der Waals surface area contributed by atoms with Crippen molar-refractivity contribution < 1.29 is 14.3 Å². The van der Waals surface area contributed by atoms with Crippen molar-refractivity contribution in [3.05, 3.63) is 56.5 Å². The second kappa shape index (κ2) is 10.1. The van der Waals surface area contributed by atoms with Crippen molar-refractivity contribution in [1.29, 1.82) is 0 Å². The number of nitrogens with one attached hydrogen (secondary N) is 1. The molecule has 12 heteroatoms. The molecule has 0 amide bonds. The second-order valence-electron chi connectivity index (χ2n) is 8.89. The van der Waals surface area contributed by atoms with Crippen molar-refractivity contribution >= 4 is 20.1 Å². The standard InChI is InChI=1S/C19H30N6O5Si/c1-19(2,3)31(4,5)30-14-16(11-15-7-6-8-20-12-15)21-9-10-23-13-17(24(26)27)22-18(23)25(28)29/h6-8,12-13,16,21H,9-11,14H2,1-5H3. The predicted octanol–water partition coefficient (Wildman–Crippen LogP) is 3.32. The first kappa shape index (κ1) is 24.6. The van der Waals surface area contributed by atoms with Crippen LogP contribution < -0.4 is 5.32 Å². The lowest BCUT2D eigenvalue weighted by Gasteiger charge is -2.37. The molecule has 2 rings (SSSR count). The van der Waals surface area contributed by atoms with Gasteiger partial charge in [-0.3, -0.25) is 4.98 Å². The Morgan fingerprint density at radius 1 is 1.26 bits per heavy atom. The molecule has 1 unspecified atom stereocenters. The molecule has 0 aliphatic heterocycles. The topological polar surface area (TPSA) is 138 Å². The highest BCUT2D eigenvalue weighted by Crippen LogP contribution is 2.36. The van der Waals surface area contributed by atoms with Crippen molar-refractivity contribution in [2.75, 3.05) is 13.2 Å². The third kappa shape index (κ3) is 6.91. The van der Waals surface area contributed by atoms with E-state index in [1.165, 1.54) is 4.57 Å². The molecule has 0 aliphatic carbocycles. The van der Waals surface area contributed by atoms with E-state index in [1.807, 2.05) is 12.1 Å². The molecule has 0 radical (unpaired) electrons. The Labute approximate surface area is 182 Å². The van der Waals surface area contributed by atoms with Gasteiger partial charge in [0, 0.05) is 31.6 Å². The molecule has 2 aromatic rings. The fourth-order valence-electron chi connectivity index (χ4n) is 2.70. The van der Waals surface area contributed by atoms with Gasteiger partial charge in [-0.15, -0.1) is 0 Å². The van der Waals surface area contributed by atoms with Gasteiger partial charge in [0.2, 0.25) is 0 Å². The molecule has 170 valence electrons. The smallest absolute Gasteiger partial charge is 0.415 e. The SMILES string of the molecule is CC(C)(C)[Si](C)(C)OCC(Cc1cccnc1)NCCn1cc([N+](=O)[O-])nc1[N+](=O)[O-]. The summed E-state index contributed by atoms with van der Waals surface area (Å²) in [6.07, 6.45) is 5.27. The summed E-state index contributed by atoms with van der Waals surface area (Å²) in [6, 6.07) is 3.81. The molecule has 0 aliphatic rings. The fourth-order valence-corrected chi connectivity index (χ4v) is 3.75.